The van der Waals surface area contributed by atoms with Gasteiger partial charge in [-0.2, -0.15) is 0 Å². The number of benzene rings is 2. The van der Waals surface area contributed by atoms with E-state index in [1.54, 1.807) is 4.90 Å². The fourth-order valence-corrected chi connectivity index (χ4v) is 8.91. The van der Waals surface area contributed by atoms with Crippen LogP contribution in [-0.4, -0.2) is 77.5 Å². The minimum absolute atomic E-state index is 0.118. The van der Waals surface area contributed by atoms with Gasteiger partial charge in [0.2, 0.25) is 17.7 Å². The molecule has 1 aliphatic carbocycles. The lowest BCUT2D eigenvalue weighted by molar-refractivity contribution is -0.141. The summed E-state index contributed by atoms with van der Waals surface area (Å²) in [5.74, 6) is -1.22. The van der Waals surface area contributed by atoms with Crippen LogP contribution in [0.1, 0.15) is 68.1 Å². The maximum absolute atomic E-state index is 14.4. The number of amides is 3. The molecule has 2 bridgehead atoms. The second kappa shape index (κ2) is 13.6. The molecule has 0 radical (unpaired) electrons. The van der Waals surface area contributed by atoms with Gasteiger partial charge in [-0.15, -0.1) is 0 Å². The van der Waals surface area contributed by atoms with Crippen molar-refractivity contribution in [2.45, 2.75) is 95.4 Å². The highest BCUT2D eigenvalue weighted by atomic mass is 16.5. The normalized spacial score (nSPS) is 29.3. The molecule has 5 atom stereocenters. The number of nitrogens with zero attached hydrogens (tertiary/aromatic N) is 2. The van der Waals surface area contributed by atoms with Crippen molar-refractivity contribution in [3.63, 3.8) is 0 Å². The third-order valence-corrected chi connectivity index (χ3v) is 11.6. The molecule has 0 unspecified atom stereocenters. The lowest BCUT2D eigenvalue weighted by atomic mass is 9.74. The lowest BCUT2D eigenvalue weighted by Crippen LogP contribution is -2.56. The third kappa shape index (κ3) is 6.39. The first-order valence-corrected chi connectivity index (χ1v) is 17.9. The second-order valence-electron chi connectivity index (χ2n) is 14.7. The van der Waals surface area contributed by atoms with Crippen LogP contribution < -0.4 is 10.6 Å². The third-order valence-electron chi connectivity index (χ3n) is 11.6. The van der Waals surface area contributed by atoms with Gasteiger partial charge in [-0.05, 0) is 107 Å². The smallest absolute Gasteiger partial charge is 0.246 e. The molecule has 250 valence electrons. The van der Waals surface area contributed by atoms with E-state index in [-0.39, 0.29) is 23.8 Å². The first-order valence-electron chi connectivity index (χ1n) is 17.9. The molecule has 2 aromatic rings. The number of anilines is 1. The highest BCUT2D eigenvalue weighted by Crippen LogP contribution is 2.55. The van der Waals surface area contributed by atoms with Gasteiger partial charge in [0.05, 0.1) is 17.9 Å². The number of hydrogen-bond donors (Lipinski definition) is 2. The number of rotatable bonds is 10. The summed E-state index contributed by atoms with van der Waals surface area (Å²) in [5, 5.41) is 6.37. The number of aryl methyl sites for hydroxylation is 2. The fraction of sp³-hybridized carbons (Fsp3) is 0.564. The molecule has 2 aromatic carbocycles. The zero-order valence-electron chi connectivity index (χ0n) is 28.0. The molecule has 2 N–H and O–H groups in total. The van der Waals surface area contributed by atoms with Crippen LogP contribution in [0.4, 0.5) is 5.69 Å². The fourth-order valence-electron chi connectivity index (χ4n) is 8.91. The first kappa shape index (κ1) is 32.1. The van der Waals surface area contributed by atoms with E-state index >= 15 is 0 Å². The standard InChI is InChI=1S/C39H50N4O4/c1-26-14-15-31(24-27(26)2)41-36(44)33-32-16-19-39(47-32)34(33)38(46)43(35(39)37(45)40-30-12-7-4-8-13-30)21-9-20-42-22-17-29(18-23-42)25-28-10-5-3-6-11-28/h3,5-6,10-11,14-16,19,24,29-30,32-35H,4,7-9,12-13,17-18,20-23,25H2,1-2H3,(H,40,45)(H,41,44)/t32-,33-,34-,35-,39-/m1/s1. The van der Waals surface area contributed by atoms with Crippen molar-refractivity contribution < 1.29 is 19.1 Å². The predicted octanol–water partition coefficient (Wildman–Crippen LogP) is 5.19. The van der Waals surface area contributed by atoms with Crippen molar-refractivity contribution >= 4 is 23.4 Å². The number of carbonyl (C=O) groups is 3. The number of carbonyl (C=O) groups excluding carboxylic acids is 3. The van der Waals surface area contributed by atoms with Crippen molar-refractivity contribution in [3.8, 4) is 0 Å². The molecule has 1 spiro atoms. The minimum atomic E-state index is -1.12. The Balaban J connectivity index is 1.04. The maximum Gasteiger partial charge on any atom is 0.246 e. The number of piperidine rings is 1. The van der Waals surface area contributed by atoms with Gasteiger partial charge >= 0.3 is 0 Å². The molecule has 3 saturated heterocycles. The zero-order valence-corrected chi connectivity index (χ0v) is 28.0. The Hall–Kier alpha value is -3.49. The Morgan fingerprint density at radius 2 is 1.68 bits per heavy atom. The van der Waals surface area contributed by atoms with E-state index < -0.39 is 29.6 Å². The number of likely N-dealkylation sites (tertiary alicyclic amines) is 2. The molecule has 5 aliphatic rings. The Labute approximate surface area is 279 Å². The summed E-state index contributed by atoms with van der Waals surface area (Å²) in [6, 6.07) is 15.9. The van der Waals surface area contributed by atoms with E-state index in [2.05, 4.69) is 45.9 Å². The largest absolute Gasteiger partial charge is 0.359 e. The molecule has 4 heterocycles. The van der Waals surface area contributed by atoms with Crippen molar-refractivity contribution in [2.75, 3.05) is 31.5 Å². The summed E-state index contributed by atoms with van der Waals surface area (Å²) in [7, 11) is 0. The average molecular weight is 639 g/mol. The molecule has 3 amide bonds. The highest BCUT2D eigenvalue weighted by molar-refractivity contribution is 6.02. The van der Waals surface area contributed by atoms with Crippen LogP contribution >= 0.6 is 0 Å². The Kier molecular flexibility index (Phi) is 9.25. The van der Waals surface area contributed by atoms with Crippen molar-refractivity contribution in [1.82, 2.24) is 15.1 Å². The van der Waals surface area contributed by atoms with Gasteiger partial charge in [0.1, 0.15) is 11.6 Å². The summed E-state index contributed by atoms with van der Waals surface area (Å²) in [4.78, 5) is 46.6. The molecular weight excluding hydrogens is 588 g/mol. The highest BCUT2D eigenvalue weighted by Gasteiger charge is 2.72. The Morgan fingerprint density at radius 1 is 0.915 bits per heavy atom. The monoisotopic (exact) mass is 638 g/mol. The summed E-state index contributed by atoms with van der Waals surface area (Å²) in [5.41, 5.74) is 3.23. The summed E-state index contributed by atoms with van der Waals surface area (Å²) >= 11 is 0. The van der Waals surface area contributed by atoms with E-state index in [4.69, 9.17) is 4.74 Å². The summed E-state index contributed by atoms with van der Waals surface area (Å²) < 4.78 is 6.57. The minimum Gasteiger partial charge on any atom is -0.359 e. The SMILES string of the molecule is Cc1ccc(NC(=O)[C@@H]2[C@H]3C=C[C@@]4(O3)[C@H]2C(=O)N(CCCN2CCC(Cc3ccccc3)CC2)[C@@H]4C(=O)NC2CCCCC2)cc1C. The van der Waals surface area contributed by atoms with E-state index in [1.165, 1.54) is 24.8 Å². The van der Waals surface area contributed by atoms with Gasteiger partial charge < -0.3 is 25.2 Å². The van der Waals surface area contributed by atoms with Crippen LogP contribution in [0.25, 0.3) is 0 Å². The van der Waals surface area contributed by atoms with Gasteiger partial charge in [0.15, 0.2) is 0 Å². The van der Waals surface area contributed by atoms with Crippen LogP contribution in [0.2, 0.25) is 0 Å². The van der Waals surface area contributed by atoms with Gasteiger partial charge in [-0.1, -0.05) is 67.8 Å². The molecule has 8 nitrogen and oxygen atoms in total. The van der Waals surface area contributed by atoms with Crippen molar-refractivity contribution in [3.05, 3.63) is 77.4 Å². The van der Waals surface area contributed by atoms with Crippen LogP contribution in [0.15, 0.2) is 60.7 Å². The van der Waals surface area contributed by atoms with E-state index in [9.17, 15) is 14.4 Å². The molecule has 4 fully saturated rings. The van der Waals surface area contributed by atoms with E-state index in [0.29, 0.717) is 18.2 Å². The van der Waals surface area contributed by atoms with Crippen LogP contribution in [0.3, 0.4) is 0 Å². The molecule has 7 rings (SSSR count). The van der Waals surface area contributed by atoms with Gasteiger partial charge in [-0.3, -0.25) is 14.4 Å². The number of hydrogen-bond acceptors (Lipinski definition) is 5. The van der Waals surface area contributed by atoms with Gasteiger partial charge in [-0.25, -0.2) is 0 Å². The molecule has 4 aliphatic heterocycles. The first-order chi connectivity index (χ1) is 22.8. The van der Waals surface area contributed by atoms with Crippen LogP contribution in [0.5, 0.6) is 0 Å². The molecule has 47 heavy (non-hydrogen) atoms. The van der Waals surface area contributed by atoms with Crippen LogP contribution in [0, 0.1) is 31.6 Å². The molecule has 0 aromatic heterocycles. The van der Waals surface area contributed by atoms with Gasteiger partial charge in [0.25, 0.3) is 0 Å². The summed E-state index contributed by atoms with van der Waals surface area (Å²) in [6.07, 6.45) is 12.9. The zero-order chi connectivity index (χ0) is 32.5. The number of ether oxygens (including phenoxy) is 1. The van der Waals surface area contributed by atoms with Crippen molar-refractivity contribution in [2.24, 2.45) is 17.8 Å². The van der Waals surface area contributed by atoms with E-state index in [1.807, 2.05) is 44.2 Å². The average Bonchev–Trinajstić information content (AvgIpc) is 3.72. The van der Waals surface area contributed by atoms with E-state index in [0.717, 1.165) is 69.3 Å². The maximum atomic E-state index is 14.4. The molecular formula is C39H50N4O4. The number of nitrogens with one attached hydrogen (secondary N) is 2. The predicted molar refractivity (Wildman–Crippen MR) is 183 cm³/mol. The molecule has 1 saturated carbocycles. The van der Waals surface area contributed by atoms with Crippen LogP contribution in [-0.2, 0) is 25.5 Å². The van der Waals surface area contributed by atoms with Crippen molar-refractivity contribution in [1.29, 1.82) is 0 Å². The quantitative estimate of drug-likeness (QED) is 0.350. The Morgan fingerprint density at radius 3 is 2.43 bits per heavy atom. The second-order valence-corrected chi connectivity index (χ2v) is 14.7. The Bertz CT molecular complexity index is 1500. The number of fused-ring (bicyclic) bond motifs is 1. The summed E-state index contributed by atoms with van der Waals surface area (Å²) in [6.45, 7) is 7.52. The lowest BCUT2D eigenvalue weighted by Gasteiger charge is -2.35. The van der Waals surface area contributed by atoms with Gasteiger partial charge in [0, 0.05) is 18.3 Å². The molecule has 8 heteroatoms. The topological polar surface area (TPSA) is 91.0 Å².